The lowest BCUT2D eigenvalue weighted by Gasteiger charge is -2.09. The first-order valence-corrected chi connectivity index (χ1v) is 20.6. The number of esters is 3. The van der Waals surface area contributed by atoms with Gasteiger partial charge in [0.15, 0.2) is 0 Å². The molecule has 5 aromatic carbocycles. The summed E-state index contributed by atoms with van der Waals surface area (Å²) in [6.07, 6.45) is 18.5. The maximum atomic E-state index is 12.8. The van der Waals surface area contributed by atoms with Gasteiger partial charge >= 0.3 is 17.9 Å². The van der Waals surface area contributed by atoms with E-state index in [4.69, 9.17) is 24.2 Å². The Morgan fingerprint density at radius 2 is 0.724 bits per heavy atom. The van der Waals surface area contributed by atoms with Crippen LogP contribution in [-0.4, -0.2) is 24.5 Å². The molecule has 5 aromatic rings. The van der Waals surface area contributed by atoms with Gasteiger partial charge in [-0.2, -0.15) is 5.26 Å². The molecule has 0 unspecified atom stereocenters. The van der Waals surface area contributed by atoms with Gasteiger partial charge in [-0.1, -0.05) is 115 Å². The molecule has 0 bridgehead atoms. The van der Waals surface area contributed by atoms with Crippen molar-refractivity contribution < 1.29 is 33.3 Å². The van der Waals surface area contributed by atoms with Gasteiger partial charge in [0.2, 0.25) is 0 Å². The molecule has 0 amide bonds. The molecule has 0 radical (unpaired) electrons. The average Bonchev–Trinajstić information content (AvgIpc) is 3.26. The molecule has 58 heavy (non-hydrogen) atoms. The Labute approximate surface area is 342 Å². The van der Waals surface area contributed by atoms with E-state index in [0.717, 1.165) is 23.3 Å². The van der Waals surface area contributed by atoms with Gasteiger partial charge < -0.3 is 18.9 Å². The van der Waals surface area contributed by atoms with Crippen molar-refractivity contribution in [2.45, 2.75) is 96.8 Å². The molecule has 5 rings (SSSR count). The highest BCUT2D eigenvalue weighted by atomic mass is 16.5. The number of unbranched alkanes of at least 4 members (excludes halogenated alkanes) is 13. The fourth-order valence-electron chi connectivity index (χ4n) is 6.44. The van der Waals surface area contributed by atoms with Crippen LogP contribution < -0.4 is 18.9 Å². The molecule has 8 nitrogen and oxygen atoms in total. The van der Waals surface area contributed by atoms with E-state index in [1.54, 1.807) is 72.8 Å². The summed E-state index contributed by atoms with van der Waals surface area (Å²) in [4.78, 5) is 38.1. The summed E-state index contributed by atoms with van der Waals surface area (Å²) in [5, 5.41) is 8.92. The van der Waals surface area contributed by atoms with Gasteiger partial charge in [0, 0.05) is 0 Å². The largest absolute Gasteiger partial charge is 0.494 e. The number of nitriles is 1. The maximum Gasteiger partial charge on any atom is 0.343 e. The second-order valence-corrected chi connectivity index (χ2v) is 14.4. The van der Waals surface area contributed by atoms with E-state index in [1.165, 1.54) is 108 Å². The smallest absolute Gasteiger partial charge is 0.343 e. The summed E-state index contributed by atoms with van der Waals surface area (Å²) in [6.45, 7) is 2.93. The monoisotopic (exact) mass is 779 g/mol. The van der Waals surface area contributed by atoms with Crippen LogP contribution in [0, 0.1) is 11.3 Å². The molecule has 8 heteroatoms. The van der Waals surface area contributed by atoms with E-state index in [1.807, 2.05) is 30.3 Å². The van der Waals surface area contributed by atoms with Crippen molar-refractivity contribution in [2.24, 2.45) is 0 Å². The molecule has 0 aromatic heterocycles. The molecule has 0 saturated carbocycles. The van der Waals surface area contributed by atoms with Crippen molar-refractivity contribution in [3.05, 3.63) is 144 Å². The summed E-state index contributed by atoms with van der Waals surface area (Å²) in [5.41, 5.74) is 3.27. The zero-order chi connectivity index (χ0) is 40.8. The normalized spacial score (nSPS) is 10.7. The van der Waals surface area contributed by atoms with E-state index in [-0.39, 0.29) is 11.3 Å². The fraction of sp³-hybridized carbons (Fsp3) is 0.320. The van der Waals surface area contributed by atoms with Crippen LogP contribution in [0.1, 0.15) is 133 Å². The highest BCUT2D eigenvalue weighted by Crippen LogP contribution is 2.25. The van der Waals surface area contributed by atoms with Gasteiger partial charge in [-0.3, -0.25) is 0 Å². The highest BCUT2D eigenvalue weighted by molar-refractivity contribution is 5.93. The van der Waals surface area contributed by atoms with Gasteiger partial charge in [0.25, 0.3) is 0 Å². The third-order valence-corrected chi connectivity index (χ3v) is 9.87. The third-order valence-electron chi connectivity index (χ3n) is 9.87. The predicted molar refractivity (Wildman–Crippen MR) is 227 cm³/mol. The van der Waals surface area contributed by atoms with Crippen LogP contribution in [0.4, 0.5) is 0 Å². The molecule has 0 saturated heterocycles. The minimum absolute atomic E-state index is 0.272. The minimum Gasteiger partial charge on any atom is -0.494 e. The lowest BCUT2D eigenvalue weighted by molar-refractivity contribution is 0.0723. The maximum absolute atomic E-state index is 12.8. The van der Waals surface area contributed by atoms with Crippen LogP contribution >= 0.6 is 0 Å². The van der Waals surface area contributed by atoms with Crippen LogP contribution in [0.25, 0.3) is 11.1 Å². The predicted octanol–water partition coefficient (Wildman–Crippen LogP) is 12.7. The number of carbonyl (C=O) groups is 3. The Morgan fingerprint density at radius 3 is 1.12 bits per heavy atom. The first kappa shape index (κ1) is 42.9. The van der Waals surface area contributed by atoms with Crippen molar-refractivity contribution >= 4 is 17.9 Å². The van der Waals surface area contributed by atoms with Gasteiger partial charge in [-0.15, -0.1) is 0 Å². The van der Waals surface area contributed by atoms with E-state index in [9.17, 15) is 14.4 Å². The molecule has 0 heterocycles. The highest BCUT2D eigenvalue weighted by Gasteiger charge is 2.13. The average molecular weight is 780 g/mol. The molecule has 0 aliphatic carbocycles. The minimum atomic E-state index is -0.578. The van der Waals surface area contributed by atoms with Crippen LogP contribution in [-0.2, 0) is 0 Å². The zero-order valence-electron chi connectivity index (χ0n) is 33.5. The van der Waals surface area contributed by atoms with Crippen LogP contribution in [0.15, 0.2) is 121 Å². The summed E-state index contributed by atoms with van der Waals surface area (Å²) in [6, 6.07) is 35.4. The van der Waals surface area contributed by atoms with Crippen molar-refractivity contribution in [1.29, 1.82) is 5.26 Å². The molecule has 0 fully saturated rings. The second kappa shape index (κ2) is 23.8. The third kappa shape index (κ3) is 14.4. The number of benzene rings is 5. The van der Waals surface area contributed by atoms with Crippen LogP contribution in [0.3, 0.4) is 0 Å². The SMILES string of the molecule is CCCCCCCCCCCCCCCCOc1ccc(C(=O)Oc2ccc(-c3ccc(C(=O)Oc4ccc(C(=O)Oc5ccc(C#N)cc5)cc4)cc3)cc2)cc1. The topological polar surface area (TPSA) is 112 Å². The first-order valence-electron chi connectivity index (χ1n) is 20.6. The zero-order valence-corrected chi connectivity index (χ0v) is 33.5. The summed E-state index contributed by atoms with van der Waals surface area (Å²) >= 11 is 0. The van der Waals surface area contributed by atoms with E-state index in [0.29, 0.717) is 34.8 Å². The van der Waals surface area contributed by atoms with Crippen molar-refractivity contribution in [1.82, 2.24) is 0 Å². The lowest BCUT2D eigenvalue weighted by atomic mass is 10.0. The van der Waals surface area contributed by atoms with E-state index in [2.05, 4.69) is 6.92 Å². The van der Waals surface area contributed by atoms with Crippen LogP contribution in [0.5, 0.6) is 23.0 Å². The van der Waals surface area contributed by atoms with E-state index >= 15 is 0 Å². The Kier molecular flexibility index (Phi) is 17.6. The standard InChI is InChI=1S/C50H53NO7/c1-2-3-4-5-6-7-8-9-10-11-12-13-14-15-36-55-44-30-24-42(25-31-44)49(53)57-46-32-22-40(23-33-46)39-18-20-41(21-19-39)48(52)58-47-34-26-43(27-35-47)50(54)56-45-28-16-38(37-51)17-29-45/h16-35H,2-15,36H2,1H3. The summed E-state index contributed by atoms with van der Waals surface area (Å²) in [7, 11) is 0. The van der Waals surface area contributed by atoms with Crippen molar-refractivity contribution in [3.8, 4) is 40.2 Å². The molecular formula is C50H53NO7. The first-order chi connectivity index (χ1) is 28.4. The molecule has 0 N–H and O–H groups in total. The molecule has 0 spiro atoms. The van der Waals surface area contributed by atoms with Crippen molar-refractivity contribution in [2.75, 3.05) is 6.61 Å². The summed E-state index contributed by atoms with van der Waals surface area (Å²) < 4.78 is 22.3. The van der Waals surface area contributed by atoms with Crippen LogP contribution in [0.2, 0.25) is 0 Å². The molecule has 300 valence electrons. The molecule has 0 atom stereocenters. The second-order valence-electron chi connectivity index (χ2n) is 14.4. The quantitative estimate of drug-likeness (QED) is 0.0366. The number of hydrogen-bond donors (Lipinski definition) is 0. The van der Waals surface area contributed by atoms with Gasteiger partial charge in [-0.25, -0.2) is 14.4 Å². The van der Waals surface area contributed by atoms with E-state index < -0.39 is 17.9 Å². The number of ether oxygens (including phenoxy) is 4. The lowest BCUT2D eigenvalue weighted by Crippen LogP contribution is -2.10. The molecule has 0 aliphatic rings. The number of carbonyl (C=O) groups excluding carboxylic acids is 3. The fourth-order valence-corrected chi connectivity index (χ4v) is 6.44. The summed E-state index contributed by atoms with van der Waals surface area (Å²) in [5.74, 6) is 0.165. The Hall–Kier alpha value is -6.20. The van der Waals surface area contributed by atoms with Gasteiger partial charge in [0.1, 0.15) is 23.0 Å². The number of hydrogen-bond acceptors (Lipinski definition) is 8. The molecule has 0 aliphatic heterocycles. The Morgan fingerprint density at radius 1 is 0.414 bits per heavy atom. The van der Waals surface area contributed by atoms with Gasteiger partial charge in [-0.05, 0) is 115 Å². The number of rotatable bonds is 23. The molecular weight excluding hydrogens is 727 g/mol. The van der Waals surface area contributed by atoms with Crippen molar-refractivity contribution in [3.63, 3.8) is 0 Å². The number of nitrogens with zero attached hydrogens (tertiary/aromatic N) is 1. The Balaban J connectivity index is 0.971. The Bertz CT molecular complexity index is 2050. The van der Waals surface area contributed by atoms with Gasteiger partial charge in [0.05, 0.1) is 34.9 Å².